The number of likely N-dealkylation sites (tertiary alicyclic amines) is 1. The zero-order valence-electron chi connectivity index (χ0n) is 16.9. The number of carbonyl (C=O) groups is 2. The number of piperidine rings is 1. The van der Waals surface area contributed by atoms with Crippen molar-refractivity contribution >= 4 is 45.7 Å². The lowest BCUT2D eigenvalue weighted by Crippen LogP contribution is -2.39. The molecule has 2 heterocycles. The molecule has 1 aromatic heterocycles. The van der Waals surface area contributed by atoms with Crippen molar-refractivity contribution in [2.45, 2.75) is 19.3 Å². The Balaban J connectivity index is 1.27. The van der Waals surface area contributed by atoms with Crippen LogP contribution in [0.1, 0.15) is 28.9 Å². The molecule has 8 heteroatoms. The van der Waals surface area contributed by atoms with E-state index < -0.39 is 6.03 Å². The van der Waals surface area contributed by atoms with Gasteiger partial charge < -0.3 is 10.2 Å². The Kier molecular flexibility index (Phi) is 6.84. The lowest BCUT2D eigenvalue weighted by Gasteiger charge is -2.31. The van der Waals surface area contributed by atoms with Gasteiger partial charge in [0.15, 0.2) is 5.13 Å². The Labute approximate surface area is 190 Å². The molecule has 0 saturated carbocycles. The molecule has 0 bridgehead atoms. The molecule has 3 aromatic rings. The molecule has 2 N–H and O–H groups in total. The highest BCUT2D eigenvalue weighted by Crippen LogP contribution is 2.24. The molecule has 3 amide bonds. The van der Waals surface area contributed by atoms with Crippen LogP contribution in [-0.2, 0) is 6.42 Å². The average Bonchev–Trinajstić information content (AvgIpc) is 3.24. The maximum atomic E-state index is 12.8. The van der Waals surface area contributed by atoms with Crippen LogP contribution in [0.5, 0.6) is 0 Å². The molecule has 1 aliphatic rings. The number of anilines is 2. The number of nitrogens with one attached hydrogen (secondary N) is 2. The molecule has 6 nitrogen and oxygen atoms in total. The van der Waals surface area contributed by atoms with Crippen LogP contribution in [0.3, 0.4) is 0 Å². The van der Waals surface area contributed by atoms with Crippen molar-refractivity contribution in [1.29, 1.82) is 0 Å². The van der Waals surface area contributed by atoms with Gasteiger partial charge in [-0.15, -0.1) is 11.3 Å². The summed E-state index contributed by atoms with van der Waals surface area (Å²) in [7, 11) is 0. The van der Waals surface area contributed by atoms with Gasteiger partial charge in [-0.05, 0) is 55.0 Å². The second-order valence-electron chi connectivity index (χ2n) is 7.55. The summed E-state index contributed by atoms with van der Waals surface area (Å²) in [4.78, 5) is 31.1. The monoisotopic (exact) mass is 454 g/mol. The van der Waals surface area contributed by atoms with Gasteiger partial charge in [0, 0.05) is 29.2 Å². The van der Waals surface area contributed by atoms with Gasteiger partial charge in [0.2, 0.25) is 0 Å². The van der Waals surface area contributed by atoms with E-state index in [1.165, 1.54) is 16.9 Å². The Morgan fingerprint density at radius 3 is 2.45 bits per heavy atom. The van der Waals surface area contributed by atoms with Crippen molar-refractivity contribution in [2.75, 3.05) is 23.7 Å². The Morgan fingerprint density at radius 1 is 1.03 bits per heavy atom. The molecular weight excluding hydrogens is 432 g/mol. The van der Waals surface area contributed by atoms with E-state index in [1.54, 1.807) is 29.6 Å². The number of hydrogen-bond donors (Lipinski definition) is 2. The molecule has 1 fully saturated rings. The molecule has 31 heavy (non-hydrogen) atoms. The summed E-state index contributed by atoms with van der Waals surface area (Å²) in [5, 5.41) is 8.05. The molecule has 1 saturated heterocycles. The van der Waals surface area contributed by atoms with E-state index in [0.29, 0.717) is 27.5 Å². The van der Waals surface area contributed by atoms with Crippen molar-refractivity contribution in [2.24, 2.45) is 5.92 Å². The van der Waals surface area contributed by atoms with Crippen LogP contribution in [0.4, 0.5) is 15.6 Å². The molecule has 0 unspecified atom stereocenters. The number of hydrogen-bond acceptors (Lipinski definition) is 4. The van der Waals surface area contributed by atoms with Crippen LogP contribution in [0.15, 0.2) is 60.0 Å². The fraction of sp³-hybridized carbons (Fsp3) is 0.261. The zero-order chi connectivity index (χ0) is 21.6. The fourth-order valence-corrected chi connectivity index (χ4v) is 4.48. The van der Waals surface area contributed by atoms with Gasteiger partial charge in [-0.1, -0.05) is 41.9 Å². The van der Waals surface area contributed by atoms with Crippen LogP contribution in [0.2, 0.25) is 5.02 Å². The van der Waals surface area contributed by atoms with Gasteiger partial charge in [-0.3, -0.25) is 10.1 Å². The van der Waals surface area contributed by atoms with Crippen molar-refractivity contribution < 1.29 is 9.59 Å². The summed E-state index contributed by atoms with van der Waals surface area (Å²) >= 11 is 7.08. The Hall–Kier alpha value is -2.90. The van der Waals surface area contributed by atoms with Crippen LogP contribution < -0.4 is 10.6 Å². The third-order valence-electron chi connectivity index (χ3n) is 5.31. The Bertz CT molecular complexity index is 1030. The molecule has 1 aliphatic heterocycles. The highest BCUT2D eigenvalue weighted by molar-refractivity contribution is 7.14. The van der Waals surface area contributed by atoms with Crippen LogP contribution in [0, 0.1) is 5.92 Å². The summed E-state index contributed by atoms with van der Waals surface area (Å²) in [6, 6.07) is 16.9. The standard InChI is InChI=1S/C23H23ClN4O2S/c24-18-6-8-19(9-7-18)25-22(30)27-23-26-20(15-31-23)21(29)28-12-10-17(11-13-28)14-16-4-2-1-3-5-16/h1-9,15,17H,10-14H2,(H2,25,26,27,30). The zero-order valence-corrected chi connectivity index (χ0v) is 18.5. The van der Waals surface area contributed by atoms with E-state index in [0.717, 1.165) is 32.4 Å². The molecule has 160 valence electrons. The first-order valence-corrected chi connectivity index (χ1v) is 11.4. The molecule has 2 aromatic carbocycles. The van der Waals surface area contributed by atoms with E-state index in [4.69, 9.17) is 11.6 Å². The first kappa shape index (κ1) is 21.3. The molecule has 0 aliphatic carbocycles. The minimum absolute atomic E-state index is 0.0828. The van der Waals surface area contributed by atoms with Crippen molar-refractivity contribution in [3.8, 4) is 0 Å². The van der Waals surface area contributed by atoms with E-state index >= 15 is 0 Å². The summed E-state index contributed by atoms with van der Waals surface area (Å²) in [5.41, 5.74) is 2.33. The second kappa shape index (κ2) is 9.94. The largest absolute Gasteiger partial charge is 0.337 e. The van der Waals surface area contributed by atoms with E-state index in [9.17, 15) is 9.59 Å². The SMILES string of the molecule is O=C(Nc1ccc(Cl)cc1)Nc1nc(C(=O)N2CCC(Cc3ccccc3)CC2)cs1. The number of aromatic nitrogens is 1. The van der Waals surface area contributed by atoms with Gasteiger partial charge in [-0.2, -0.15) is 0 Å². The predicted octanol–water partition coefficient (Wildman–Crippen LogP) is 5.54. The number of halogens is 1. The average molecular weight is 455 g/mol. The Morgan fingerprint density at radius 2 is 1.74 bits per heavy atom. The molecule has 0 spiro atoms. The molecule has 0 atom stereocenters. The highest BCUT2D eigenvalue weighted by Gasteiger charge is 2.25. The normalized spacial score (nSPS) is 14.3. The number of amides is 3. The highest BCUT2D eigenvalue weighted by atomic mass is 35.5. The summed E-state index contributed by atoms with van der Waals surface area (Å²) in [6.45, 7) is 1.46. The number of carbonyl (C=O) groups excluding carboxylic acids is 2. The van der Waals surface area contributed by atoms with Crippen molar-refractivity contribution in [3.05, 3.63) is 76.3 Å². The lowest BCUT2D eigenvalue weighted by molar-refractivity contribution is 0.0685. The third kappa shape index (κ3) is 5.83. The third-order valence-corrected chi connectivity index (χ3v) is 6.32. The minimum Gasteiger partial charge on any atom is -0.337 e. The second-order valence-corrected chi connectivity index (χ2v) is 8.84. The summed E-state index contributed by atoms with van der Waals surface area (Å²) < 4.78 is 0. The van der Waals surface area contributed by atoms with Crippen molar-refractivity contribution in [1.82, 2.24) is 9.88 Å². The molecular formula is C23H23ClN4O2S. The number of benzene rings is 2. The number of urea groups is 1. The predicted molar refractivity (Wildman–Crippen MR) is 125 cm³/mol. The fourth-order valence-electron chi connectivity index (χ4n) is 3.67. The maximum absolute atomic E-state index is 12.8. The van der Waals surface area contributed by atoms with Gasteiger partial charge >= 0.3 is 6.03 Å². The number of thiazole rings is 1. The maximum Gasteiger partial charge on any atom is 0.325 e. The number of rotatable bonds is 5. The van der Waals surface area contributed by atoms with Crippen LogP contribution in [-0.4, -0.2) is 34.9 Å². The van der Waals surface area contributed by atoms with Crippen LogP contribution >= 0.6 is 22.9 Å². The summed E-state index contributed by atoms with van der Waals surface area (Å²) in [5.74, 6) is 0.510. The number of nitrogens with zero attached hydrogens (tertiary/aromatic N) is 2. The van der Waals surface area contributed by atoms with E-state index in [-0.39, 0.29) is 5.91 Å². The van der Waals surface area contributed by atoms with E-state index in [2.05, 4.69) is 39.9 Å². The van der Waals surface area contributed by atoms with Crippen molar-refractivity contribution in [3.63, 3.8) is 0 Å². The van der Waals surface area contributed by atoms with Crippen LogP contribution in [0.25, 0.3) is 0 Å². The lowest BCUT2D eigenvalue weighted by atomic mass is 9.90. The molecule has 4 rings (SSSR count). The smallest absolute Gasteiger partial charge is 0.325 e. The first-order valence-electron chi connectivity index (χ1n) is 10.2. The van der Waals surface area contributed by atoms with Gasteiger partial charge in [-0.25, -0.2) is 9.78 Å². The van der Waals surface area contributed by atoms with Gasteiger partial charge in [0.05, 0.1) is 0 Å². The van der Waals surface area contributed by atoms with Gasteiger partial charge in [0.1, 0.15) is 5.69 Å². The first-order chi connectivity index (χ1) is 15.1. The van der Waals surface area contributed by atoms with E-state index in [1.807, 2.05) is 11.0 Å². The topological polar surface area (TPSA) is 74.3 Å². The minimum atomic E-state index is -0.419. The molecule has 0 radical (unpaired) electrons. The van der Waals surface area contributed by atoms with Gasteiger partial charge in [0.25, 0.3) is 5.91 Å². The quantitative estimate of drug-likeness (QED) is 0.531. The summed E-state index contributed by atoms with van der Waals surface area (Å²) in [6.07, 6.45) is 3.02.